The molecular formula is C7H17N3O4S2. The molecule has 1 saturated heterocycles. The number of hydrogen-bond donors (Lipinski definition) is 2. The Labute approximate surface area is 96.2 Å². The molecule has 0 spiro atoms. The van der Waals surface area contributed by atoms with Gasteiger partial charge in [-0.3, -0.25) is 0 Å². The molecule has 16 heavy (non-hydrogen) atoms. The Morgan fingerprint density at radius 2 is 1.69 bits per heavy atom. The fourth-order valence-electron chi connectivity index (χ4n) is 1.49. The molecule has 0 aromatic carbocycles. The Bertz CT molecular complexity index is 411. The van der Waals surface area contributed by atoms with E-state index >= 15 is 0 Å². The molecule has 0 saturated carbocycles. The minimum absolute atomic E-state index is 0.0925. The van der Waals surface area contributed by atoms with Gasteiger partial charge in [-0.05, 0) is 19.3 Å². The maximum absolute atomic E-state index is 11.6. The van der Waals surface area contributed by atoms with Crippen LogP contribution < -0.4 is 9.86 Å². The lowest BCUT2D eigenvalue weighted by Crippen LogP contribution is -2.39. The highest BCUT2D eigenvalue weighted by Crippen LogP contribution is 2.10. The third-order valence-corrected chi connectivity index (χ3v) is 4.77. The van der Waals surface area contributed by atoms with Gasteiger partial charge in [-0.15, -0.1) is 0 Å². The van der Waals surface area contributed by atoms with E-state index in [4.69, 9.17) is 5.14 Å². The monoisotopic (exact) mass is 271 g/mol. The van der Waals surface area contributed by atoms with Gasteiger partial charge in [-0.1, -0.05) is 0 Å². The summed E-state index contributed by atoms with van der Waals surface area (Å²) in [6, 6.07) is 0. The number of primary sulfonamides is 1. The highest BCUT2D eigenvalue weighted by molar-refractivity contribution is 7.89. The molecule has 0 aromatic heterocycles. The van der Waals surface area contributed by atoms with Gasteiger partial charge in [-0.2, -0.15) is 12.7 Å². The van der Waals surface area contributed by atoms with E-state index in [9.17, 15) is 16.8 Å². The van der Waals surface area contributed by atoms with Crippen molar-refractivity contribution in [2.75, 3.05) is 25.4 Å². The first-order valence-electron chi connectivity index (χ1n) is 5.06. The number of nitrogens with one attached hydrogen (secondary N) is 1. The molecule has 0 aromatic rings. The normalized spacial score (nSPS) is 19.1. The number of rotatable bonds is 6. The minimum atomic E-state index is -3.51. The highest BCUT2D eigenvalue weighted by Gasteiger charge is 2.24. The van der Waals surface area contributed by atoms with Gasteiger partial charge in [-0.25, -0.2) is 18.3 Å². The van der Waals surface area contributed by atoms with Crippen molar-refractivity contribution in [3.8, 4) is 0 Å². The zero-order chi connectivity index (χ0) is 12.2. The lowest BCUT2D eigenvalue weighted by molar-refractivity contribution is 0.464. The van der Waals surface area contributed by atoms with Crippen LogP contribution in [0.25, 0.3) is 0 Å². The smallest absolute Gasteiger partial charge is 0.229 e. The van der Waals surface area contributed by atoms with Crippen molar-refractivity contribution in [2.45, 2.75) is 19.3 Å². The summed E-state index contributed by atoms with van der Waals surface area (Å²) >= 11 is 0. The molecule has 1 aliphatic rings. The summed E-state index contributed by atoms with van der Waals surface area (Å²) in [5.74, 6) is -0.213. The predicted molar refractivity (Wildman–Crippen MR) is 60.3 cm³/mol. The van der Waals surface area contributed by atoms with E-state index in [-0.39, 0.29) is 18.7 Å². The van der Waals surface area contributed by atoms with E-state index in [1.54, 1.807) is 0 Å². The summed E-state index contributed by atoms with van der Waals surface area (Å²) in [6.45, 7) is 1.16. The van der Waals surface area contributed by atoms with Crippen molar-refractivity contribution in [1.82, 2.24) is 9.03 Å². The lowest BCUT2D eigenvalue weighted by atomic mass is 10.4. The first-order valence-corrected chi connectivity index (χ1v) is 8.22. The molecule has 9 heteroatoms. The summed E-state index contributed by atoms with van der Waals surface area (Å²) in [6.07, 6.45) is 1.93. The Morgan fingerprint density at radius 3 is 2.19 bits per heavy atom. The average molecular weight is 271 g/mol. The van der Waals surface area contributed by atoms with Gasteiger partial charge in [0.05, 0.1) is 5.75 Å². The van der Waals surface area contributed by atoms with Crippen LogP contribution in [0.3, 0.4) is 0 Å². The molecule has 96 valence electrons. The molecule has 0 unspecified atom stereocenters. The second kappa shape index (κ2) is 5.41. The summed E-state index contributed by atoms with van der Waals surface area (Å²) < 4.78 is 48.1. The Balaban J connectivity index is 2.31. The quantitative estimate of drug-likeness (QED) is 0.579. The average Bonchev–Trinajstić information content (AvgIpc) is 2.64. The summed E-state index contributed by atoms with van der Waals surface area (Å²) in [4.78, 5) is 0. The maximum Gasteiger partial charge on any atom is 0.279 e. The van der Waals surface area contributed by atoms with Gasteiger partial charge >= 0.3 is 0 Å². The third-order valence-electron chi connectivity index (χ3n) is 2.30. The zero-order valence-corrected chi connectivity index (χ0v) is 10.6. The lowest BCUT2D eigenvalue weighted by Gasteiger charge is -2.15. The molecule has 1 rings (SSSR count). The van der Waals surface area contributed by atoms with Crippen molar-refractivity contribution in [3.63, 3.8) is 0 Å². The Kier molecular flexibility index (Phi) is 4.68. The van der Waals surface area contributed by atoms with Gasteiger partial charge in [0.2, 0.25) is 10.0 Å². The van der Waals surface area contributed by atoms with Crippen LogP contribution in [0.4, 0.5) is 0 Å². The van der Waals surface area contributed by atoms with Gasteiger partial charge in [0.1, 0.15) is 0 Å². The van der Waals surface area contributed by atoms with Crippen LogP contribution in [0.5, 0.6) is 0 Å². The highest BCUT2D eigenvalue weighted by atomic mass is 32.2. The van der Waals surface area contributed by atoms with Crippen LogP contribution >= 0.6 is 0 Å². The minimum Gasteiger partial charge on any atom is -0.229 e. The van der Waals surface area contributed by atoms with Crippen LogP contribution in [0.2, 0.25) is 0 Å². The number of sulfonamides is 1. The zero-order valence-electron chi connectivity index (χ0n) is 8.92. The Morgan fingerprint density at radius 1 is 1.12 bits per heavy atom. The van der Waals surface area contributed by atoms with Crippen LogP contribution in [-0.2, 0) is 20.2 Å². The molecule has 0 aliphatic carbocycles. The predicted octanol–water partition coefficient (Wildman–Crippen LogP) is -1.40. The van der Waals surface area contributed by atoms with E-state index in [0.29, 0.717) is 13.1 Å². The molecule has 0 bridgehead atoms. The number of nitrogens with two attached hydrogens (primary N) is 1. The van der Waals surface area contributed by atoms with E-state index < -0.39 is 20.2 Å². The van der Waals surface area contributed by atoms with Crippen molar-refractivity contribution in [1.29, 1.82) is 0 Å². The van der Waals surface area contributed by atoms with Crippen molar-refractivity contribution in [2.24, 2.45) is 5.14 Å². The summed E-state index contributed by atoms with van der Waals surface area (Å²) in [5.41, 5.74) is 0. The third kappa shape index (κ3) is 4.74. The second-order valence-electron chi connectivity index (χ2n) is 3.73. The van der Waals surface area contributed by atoms with Crippen molar-refractivity contribution >= 4 is 20.2 Å². The van der Waals surface area contributed by atoms with Gasteiger partial charge < -0.3 is 0 Å². The number of hydrogen-bond acceptors (Lipinski definition) is 4. The van der Waals surface area contributed by atoms with Crippen molar-refractivity contribution in [3.05, 3.63) is 0 Å². The van der Waals surface area contributed by atoms with Crippen LogP contribution in [0, 0.1) is 0 Å². The fourth-order valence-corrected chi connectivity index (χ4v) is 3.36. The van der Waals surface area contributed by atoms with Gasteiger partial charge in [0, 0.05) is 19.6 Å². The first-order chi connectivity index (χ1) is 7.31. The van der Waals surface area contributed by atoms with Gasteiger partial charge in [0.15, 0.2) is 0 Å². The van der Waals surface area contributed by atoms with E-state index in [0.717, 1.165) is 12.8 Å². The summed E-state index contributed by atoms with van der Waals surface area (Å²) in [7, 11) is -6.94. The van der Waals surface area contributed by atoms with Crippen molar-refractivity contribution < 1.29 is 16.8 Å². The second-order valence-corrected chi connectivity index (χ2v) is 7.22. The molecule has 1 aliphatic heterocycles. The van der Waals surface area contributed by atoms with E-state index in [2.05, 4.69) is 4.72 Å². The SMILES string of the molecule is NS(=O)(=O)CCCNS(=O)(=O)N1CCCC1. The van der Waals surface area contributed by atoms with Crippen LogP contribution in [-0.4, -0.2) is 46.5 Å². The fraction of sp³-hybridized carbons (Fsp3) is 1.00. The Hall–Kier alpha value is -0.220. The molecule has 0 radical (unpaired) electrons. The van der Waals surface area contributed by atoms with Crippen LogP contribution in [0.15, 0.2) is 0 Å². The molecule has 3 N–H and O–H groups in total. The molecule has 7 nitrogen and oxygen atoms in total. The van der Waals surface area contributed by atoms with Crippen LogP contribution in [0.1, 0.15) is 19.3 Å². The largest absolute Gasteiger partial charge is 0.279 e. The topological polar surface area (TPSA) is 110 Å². The number of nitrogens with zero attached hydrogens (tertiary/aromatic N) is 1. The maximum atomic E-state index is 11.6. The standard InChI is InChI=1S/C7H17N3O4S2/c8-15(11,12)7-3-4-9-16(13,14)10-5-1-2-6-10/h9H,1-7H2,(H2,8,11,12). The molecule has 1 fully saturated rings. The first kappa shape index (κ1) is 13.8. The molecular weight excluding hydrogens is 254 g/mol. The molecule has 0 atom stereocenters. The van der Waals surface area contributed by atoms with E-state index in [1.807, 2.05) is 0 Å². The van der Waals surface area contributed by atoms with E-state index in [1.165, 1.54) is 4.31 Å². The molecule has 1 heterocycles. The molecule has 0 amide bonds. The van der Waals surface area contributed by atoms with Gasteiger partial charge in [0.25, 0.3) is 10.2 Å². The summed E-state index contributed by atoms with van der Waals surface area (Å²) in [5, 5.41) is 4.79.